The zero-order valence-corrected chi connectivity index (χ0v) is 12.9. The van der Waals surface area contributed by atoms with E-state index in [0.717, 1.165) is 0 Å². The number of hydrogen-bond acceptors (Lipinski definition) is 3. The summed E-state index contributed by atoms with van der Waals surface area (Å²) in [6.07, 6.45) is 0. The fourth-order valence-corrected chi connectivity index (χ4v) is 3.49. The van der Waals surface area contributed by atoms with Crippen molar-refractivity contribution in [1.82, 2.24) is 5.32 Å². The Balaban J connectivity index is 2.71. The summed E-state index contributed by atoms with van der Waals surface area (Å²) in [4.78, 5) is 11.7. The maximum atomic E-state index is 11.7. The number of hydrogen-bond donors (Lipinski definition) is 2. The first kappa shape index (κ1) is 16.2. The van der Waals surface area contributed by atoms with Crippen molar-refractivity contribution in [2.24, 2.45) is 0 Å². The van der Waals surface area contributed by atoms with Gasteiger partial charge in [0.25, 0.3) is 10.1 Å². The standard InChI is InChI=1S/C16H17NO4S/c1-13(18)17-16(12-22(19,20)21,14-8-4-2-5-9-14)15-10-6-3-7-11-15/h2-11H,12H2,1H3,(H,17,18)(H,19,20,21). The van der Waals surface area contributed by atoms with Crippen molar-refractivity contribution in [1.29, 1.82) is 0 Å². The Morgan fingerprint density at radius 3 is 1.73 bits per heavy atom. The number of nitrogens with one attached hydrogen (secondary N) is 1. The van der Waals surface area contributed by atoms with Crippen LogP contribution < -0.4 is 5.32 Å². The highest BCUT2D eigenvalue weighted by Gasteiger charge is 2.39. The maximum Gasteiger partial charge on any atom is 0.267 e. The van der Waals surface area contributed by atoms with Crippen LogP contribution in [-0.4, -0.2) is 24.6 Å². The molecule has 0 saturated carbocycles. The van der Waals surface area contributed by atoms with E-state index in [1.165, 1.54) is 6.92 Å². The zero-order chi connectivity index (χ0) is 16.2. The van der Waals surface area contributed by atoms with Gasteiger partial charge in [0.15, 0.2) is 0 Å². The molecule has 0 aliphatic heterocycles. The van der Waals surface area contributed by atoms with Crippen molar-refractivity contribution in [2.75, 3.05) is 5.75 Å². The lowest BCUT2D eigenvalue weighted by Crippen LogP contribution is -2.50. The summed E-state index contributed by atoms with van der Waals surface area (Å²) in [6.45, 7) is 1.31. The van der Waals surface area contributed by atoms with Crippen LogP contribution in [-0.2, 0) is 20.5 Å². The van der Waals surface area contributed by atoms with Gasteiger partial charge in [-0.3, -0.25) is 9.35 Å². The number of carbonyl (C=O) groups excluding carboxylic acids is 1. The highest BCUT2D eigenvalue weighted by atomic mass is 32.2. The van der Waals surface area contributed by atoms with E-state index in [1.807, 2.05) is 0 Å². The van der Waals surface area contributed by atoms with E-state index in [9.17, 15) is 17.8 Å². The average Bonchev–Trinajstić information content (AvgIpc) is 2.46. The molecule has 0 spiro atoms. The van der Waals surface area contributed by atoms with Gasteiger partial charge < -0.3 is 5.32 Å². The first-order chi connectivity index (χ1) is 10.3. The summed E-state index contributed by atoms with van der Waals surface area (Å²) in [7, 11) is -4.34. The summed E-state index contributed by atoms with van der Waals surface area (Å²) in [5, 5.41) is 2.70. The molecule has 0 bridgehead atoms. The molecule has 5 nitrogen and oxygen atoms in total. The summed E-state index contributed by atoms with van der Waals surface area (Å²) >= 11 is 0. The topological polar surface area (TPSA) is 83.5 Å². The molecule has 2 aromatic rings. The third-order valence-electron chi connectivity index (χ3n) is 3.32. The summed E-state index contributed by atoms with van der Waals surface area (Å²) in [5.41, 5.74) is -0.190. The van der Waals surface area contributed by atoms with E-state index in [4.69, 9.17) is 0 Å². The number of benzene rings is 2. The maximum absolute atomic E-state index is 11.7. The van der Waals surface area contributed by atoms with Gasteiger partial charge in [-0.2, -0.15) is 8.42 Å². The average molecular weight is 319 g/mol. The summed E-state index contributed by atoms with van der Waals surface area (Å²) in [5.74, 6) is -1.04. The predicted octanol–water partition coefficient (Wildman–Crippen LogP) is 1.95. The second kappa shape index (κ2) is 6.29. The Morgan fingerprint density at radius 1 is 1.00 bits per heavy atom. The van der Waals surface area contributed by atoms with Gasteiger partial charge >= 0.3 is 0 Å². The highest BCUT2D eigenvalue weighted by Crippen LogP contribution is 2.31. The van der Waals surface area contributed by atoms with Crippen LogP contribution in [0.2, 0.25) is 0 Å². The van der Waals surface area contributed by atoms with Gasteiger partial charge in [0, 0.05) is 6.92 Å². The molecule has 0 saturated heterocycles. The molecule has 2 N–H and O–H groups in total. The van der Waals surface area contributed by atoms with E-state index < -0.39 is 27.3 Å². The SMILES string of the molecule is CC(=O)NC(CS(=O)(=O)O)(c1ccccc1)c1ccccc1. The quantitative estimate of drug-likeness (QED) is 0.825. The largest absolute Gasteiger partial charge is 0.342 e. The van der Waals surface area contributed by atoms with Crippen LogP contribution in [0.4, 0.5) is 0 Å². The van der Waals surface area contributed by atoms with Gasteiger partial charge in [-0.1, -0.05) is 60.7 Å². The van der Waals surface area contributed by atoms with Crippen LogP contribution in [0.15, 0.2) is 60.7 Å². The van der Waals surface area contributed by atoms with Gasteiger partial charge in [-0.25, -0.2) is 0 Å². The van der Waals surface area contributed by atoms with E-state index in [2.05, 4.69) is 5.32 Å². The highest BCUT2D eigenvalue weighted by molar-refractivity contribution is 7.85. The van der Waals surface area contributed by atoms with Gasteiger partial charge in [-0.15, -0.1) is 0 Å². The second-order valence-corrected chi connectivity index (χ2v) is 6.50. The van der Waals surface area contributed by atoms with Gasteiger partial charge in [-0.05, 0) is 11.1 Å². The Hall–Kier alpha value is -2.18. The van der Waals surface area contributed by atoms with Crippen LogP contribution in [0.1, 0.15) is 18.1 Å². The molecule has 0 fully saturated rings. The molecular weight excluding hydrogens is 302 g/mol. The molecular formula is C16H17NO4S. The number of amides is 1. The van der Waals surface area contributed by atoms with Gasteiger partial charge in [0.1, 0.15) is 11.3 Å². The molecule has 0 aliphatic carbocycles. The molecule has 0 aromatic heterocycles. The van der Waals surface area contributed by atoms with Crippen LogP contribution in [0.3, 0.4) is 0 Å². The lowest BCUT2D eigenvalue weighted by molar-refractivity contribution is -0.120. The predicted molar refractivity (Wildman–Crippen MR) is 83.9 cm³/mol. The molecule has 0 atom stereocenters. The molecule has 1 amide bonds. The Bertz CT molecular complexity index is 703. The first-order valence-electron chi connectivity index (χ1n) is 6.68. The van der Waals surface area contributed by atoms with Crippen LogP contribution in [0.25, 0.3) is 0 Å². The van der Waals surface area contributed by atoms with Crippen molar-refractivity contribution < 1.29 is 17.8 Å². The fourth-order valence-electron chi connectivity index (χ4n) is 2.53. The third kappa shape index (κ3) is 3.72. The van der Waals surface area contributed by atoms with Gasteiger partial charge in [0.2, 0.25) is 5.91 Å². The molecule has 22 heavy (non-hydrogen) atoms. The Labute approximate surface area is 129 Å². The number of rotatable bonds is 5. The monoisotopic (exact) mass is 319 g/mol. The molecule has 2 aromatic carbocycles. The summed E-state index contributed by atoms with van der Waals surface area (Å²) < 4.78 is 32.6. The molecule has 0 radical (unpaired) electrons. The van der Waals surface area contributed by atoms with Crippen molar-refractivity contribution in [3.05, 3.63) is 71.8 Å². The van der Waals surface area contributed by atoms with E-state index in [1.54, 1.807) is 60.7 Å². The summed E-state index contributed by atoms with van der Waals surface area (Å²) in [6, 6.07) is 17.4. The Morgan fingerprint density at radius 2 is 1.41 bits per heavy atom. The third-order valence-corrected chi connectivity index (χ3v) is 4.12. The van der Waals surface area contributed by atoms with Crippen molar-refractivity contribution >= 4 is 16.0 Å². The molecule has 0 aliphatic rings. The van der Waals surface area contributed by atoms with Crippen LogP contribution in [0, 0.1) is 0 Å². The smallest absolute Gasteiger partial charge is 0.267 e. The lowest BCUT2D eigenvalue weighted by atomic mass is 9.84. The molecule has 2 rings (SSSR count). The zero-order valence-electron chi connectivity index (χ0n) is 12.1. The molecule has 116 valence electrons. The molecule has 0 unspecified atom stereocenters. The minimum atomic E-state index is -4.34. The lowest BCUT2D eigenvalue weighted by Gasteiger charge is -2.34. The number of carbonyl (C=O) groups is 1. The van der Waals surface area contributed by atoms with Crippen molar-refractivity contribution in [3.63, 3.8) is 0 Å². The fraction of sp³-hybridized carbons (Fsp3) is 0.188. The normalized spacial score (nSPS) is 11.9. The van der Waals surface area contributed by atoms with Crippen molar-refractivity contribution in [3.8, 4) is 0 Å². The van der Waals surface area contributed by atoms with Crippen LogP contribution in [0.5, 0.6) is 0 Å². The van der Waals surface area contributed by atoms with E-state index >= 15 is 0 Å². The Kier molecular flexibility index (Phi) is 4.63. The van der Waals surface area contributed by atoms with E-state index in [-0.39, 0.29) is 0 Å². The van der Waals surface area contributed by atoms with Crippen molar-refractivity contribution in [2.45, 2.75) is 12.5 Å². The minimum Gasteiger partial charge on any atom is -0.342 e. The minimum absolute atomic E-state index is 0.392. The van der Waals surface area contributed by atoms with Gasteiger partial charge in [0.05, 0.1) is 0 Å². The first-order valence-corrected chi connectivity index (χ1v) is 8.29. The van der Waals surface area contributed by atoms with E-state index in [0.29, 0.717) is 11.1 Å². The second-order valence-electron chi connectivity index (χ2n) is 5.04. The molecule has 0 heterocycles. The molecule has 6 heteroatoms. The van der Waals surface area contributed by atoms with Crippen LogP contribution >= 0.6 is 0 Å².